The Kier molecular flexibility index (Phi) is 5.50. The lowest BCUT2D eigenvalue weighted by molar-refractivity contribution is -0.116. The Hall–Kier alpha value is -3.26. The zero-order valence-electron chi connectivity index (χ0n) is 16.0. The molecular formula is C22H20FN3O3S. The Morgan fingerprint density at radius 2 is 1.87 bits per heavy atom. The van der Waals surface area contributed by atoms with E-state index in [1.54, 1.807) is 29.1 Å². The van der Waals surface area contributed by atoms with Crippen LogP contribution in [0.4, 0.5) is 4.39 Å². The average molecular weight is 425 g/mol. The van der Waals surface area contributed by atoms with Crippen LogP contribution in [0.2, 0.25) is 0 Å². The summed E-state index contributed by atoms with van der Waals surface area (Å²) in [5.74, 6) is -0.640. The molecule has 6 nitrogen and oxygen atoms in total. The highest BCUT2D eigenvalue weighted by molar-refractivity contribution is 7.91. The first-order valence-corrected chi connectivity index (χ1v) is 11.3. The van der Waals surface area contributed by atoms with Crippen molar-refractivity contribution < 1.29 is 17.6 Å². The van der Waals surface area contributed by atoms with E-state index in [0.29, 0.717) is 23.2 Å². The van der Waals surface area contributed by atoms with Crippen LogP contribution < -0.4 is 5.32 Å². The van der Waals surface area contributed by atoms with Crippen molar-refractivity contribution in [3.05, 3.63) is 78.3 Å². The van der Waals surface area contributed by atoms with Crippen molar-refractivity contribution in [2.45, 2.75) is 12.5 Å². The van der Waals surface area contributed by atoms with Crippen LogP contribution in [0.15, 0.2) is 66.9 Å². The molecule has 0 aliphatic carbocycles. The maximum absolute atomic E-state index is 13.3. The van der Waals surface area contributed by atoms with Gasteiger partial charge in [0.05, 0.1) is 22.9 Å². The summed E-state index contributed by atoms with van der Waals surface area (Å²) in [7, 11) is -3.06. The second kappa shape index (κ2) is 8.23. The standard InChI is InChI=1S/C22H20FN3O3S/c23-18-9-6-16(7-10-18)22-17(14-26(25-22)20-4-2-1-3-5-20)8-11-21(27)24-19-12-13-30(28,29)15-19/h1-11,14,19H,12-13,15H2,(H,24,27)/b11-8+. The van der Waals surface area contributed by atoms with E-state index in [2.05, 4.69) is 10.4 Å². The van der Waals surface area contributed by atoms with Gasteiger partial charge in [-0.15, -0.1) is 0 Å². The fraction of sp³-hybridized carbons (Fsp3) is 0.182. The van der Waals surface area contributed by atoms with Crippen LogP contribution >= 0.6 is 0 Å². The molecule has 2 heterocycles. The average Bonchev–Trinajstić information content (AvgIpc) is 3.30. The Morgan fingerprint density at radius 3 is 2.53 bits per heavy atom. The molecule has 1 aliphatic rings. The summed E-state index contributed by atoms with van der Waals surface area (Å²) in [6.07, 6.45) is 5.21. The number of benzene rings is 2. The first kappa shape index (κ1) is 20.0. The summed E-state index contributed by atoms with van der Waals surface area (Å²) in [5, 5.41) is 7.34. The summed E-state index contributed by atoms with van der Waals surface area (Å²) in [6.45, 7) is 0. The summed E-state index contributed by atoms with van der Waals surface area (Å²) < 4.78 is 38.1. The first-order chi connectivity index (χ1) is 14.4. The zero-order valence-corrected chi connectivity index (χ0v) is 16.8. The SMILES string of the molecule is O=C(/C=C/c1cn(-c2ccccc2)nc1-c1ccc(F)cc1)NC1CCS(=O)(=O)C1. The van der Waals surface area contributed by atoms with Gasteiger partial charge in [0.1, 0.15) is 5.82 Å². The van der Waals surface area contributed by atoms with Gasteiger partial charge in [-0.3, -0.25) is 4.79 Å². The molecule has 1 amide bonds. The van der Waals surface area contributed by atoms with Crippen LogP contribution in [-0.2, 0) is 14.6 Å². The molecule has 1 N–H and O–H groups in total. The third-order valence-electron chi connectivity index (χ3n) is 4.87. The molecule has 1 atom stereocenters. The van der Waals surface area contributed by atoms with E-state index in [4.69, 9.17) is 0 Å². The molecule has 0 bridgehead atoms. The Bertz CT molecular complexity index is 1190. The topological polar surface area (TPSA) is 81.1 Å². The van der Waals surface area contributed by atoms with Crippen molar-refractivity contribution in [3.63, 3.8) is 0 Å². The van der Waals surface area contributed by atoms with Gasteiger partial charge in [0.15, 0.2) is 9.84 Å². The van der Waals surface area contributed by atoms with E-state index in [9.17, 15) is 17.6 Å². The lowest BCUT2D eigenvalue weighted by atomic mass is 10.1. The number of nitrogens with one attached hydrogen (secondary N) is 1. The molecule has 1 aromatic heterocycles. The molecule has 154 valence electrons. The van der Waals surface area contributed by atoms with Crippen LogP contribution in [0.3, 0.4) is 0 Å². The summed E-state index contributed by atoms with van der Waals surface area (Å²) in [6, 6.07) is 15.1. The number of hydrogen-bond acceptors (Lipinski definition) is 4. The Morgan fingerprint density at radius 1 is 1.13 bits per heavy atom. The quantitative estimate of drug-likeness (QED) is 0.638. The molecule has 1 aliphatic heterocycles. The fourth-order valence-electron chi connectivity index (χ4n) is 3.38. The number of para-hydroxylation sites is 1. The third-order valence-corrected chi connectivity index (χ3v) is 6.64. The third kappa shape index (κ3) is 4.65. The highest BCUT2D eigenvalue weighted by atomic mass is 32.2. The number of carbonyl (C=O) groups is 1. The van der Waals surface area contributed by atoms with Gasteiger partial charge in [0.2, 0.25) is 5.91 Å². The number of nitrogens with zero attached hydrogens (tertiary/aromatic N) is 2. The molecule has 30 heavy (non-hydrogen) atoms. The molecule has 0 saturated carbocycles. The minimum Gasteiger partial charge on any atom is -0.349 e. The van der Waals surface area contributed by atoms with Gasteiger partial charge in [-0.05, 0) is 48.9 Å². The molecule has 3 aromatic rings. The van der Waals surface area contributed by atoms with Crippen LogP contribution in [0.1, 0.15) is 12.0 Å². The van der Waals surface area contributed by atoms with Crippen molar-refractivity contribution in [2.24, 2.45) is 0 Å². The van der Waals surface area contributed by atoms with Crippen molar-refractivity contribution in [1.82, 2.24) is 15.1 Å². The number of amides is 1. The molecule has 1 fully saturated rings. The van der Waals surface area contributed by atoms with Gasteiger partial charge >= 0.3 is 0 Å². The molecule has 4 rings (SSSR count). The molecule has 0 spiro atoms. The highest BCUT2D eigenvalue weighted by Gasteiger charge is 2.28. The van der Waals surface area contributed by atoms with Crippen LogP contribution in [0.25, 0.3) is 23.0 Å². The van der Waals surface area contributed by atoms with Crippen LogP contribution in [0, 0.1) is 5.82 Å². The zero-order chi connectivity index (χ0) is 21.1. The molecule has 1 unspecified atom stereocenters. The van der Waals surface area contributed by atoms with Gasteiger partial charge in [-0.2, -0.15) is 5.10 Å². The molecule has 2 aromatic carbocycles. The van der Waals surface area contributed by atoms with E-state index < -0.39 is 9.84 Å². The van der Waals surface area contributed by atoms with Gasteiger partial charge in [-0.1, -0.05) is 18.2 Å². The van der Waals surface area contributed by atoms with Crippen molar-refractivity contribution in [2.75, 3.05) is 11.5 Å². The van der Waals surface area contributed by atoms with E-state index in [1.165, 1.54) is 18.2 Å². The second-order valence-corrected chi connectivity index (χ2v) is 9.39. The number of aromatic nitrogens is 2. The lowest BCUT2D eigenvalue weighted by Gasteiger charge is -2.07. The largest absolute Gasteiger partial charge is 0.349 e. The summed E-state index contributed by atoms with van der Waals surface area (Å²) >= 11 is 0. The van der Waals surface area contributed by atoms with Gasteiger partial charge in [-0.25, -0.2) is 17.5 Å². The van der Waals surface area contributed by atoms with Gasteiger partial charge < -0.3 is 5.32 Å². The predicted octanol–water partition coefficient (Wildman–Crippen LogP) is 2.99. The summed E-state index contributed by atoms with van der Waals surface area (Å²) in [5.41, 5.74) is 2.85. The Labute approximate surface area is 174 Å². The maximum Gasteiger partial charge on any atom is 0.244 e. The van der Waals surface area contributed by atoms with Crippen molar-refractivity contribution in [3.8, 4) is 16.9 Å². The lowest BCUT2D eigenvalue weighted by Crippen LogP contribution is -2.34. The summed E-state index contributed by atoms with van der Waals surface area (Å²) in [4.78, 5) is 12.3. The number of sulfone groups is 1. The smallest absolute Gasteiger partial charge is 0.244 e. The first-order valence-electron chi connectivity index (χ1n) is 9.50. The molecular weight excluding hydrogens is 405 g/mol. The van der Waals surface area contributed by atoms with Crippen molar-refractivity contribution in [1.29, 1.82) is 0 Å². The van der Waals surface area contributed by atoms with E-state index in [1.807, 2.05) is 30.3 Å². The van der Waals surface area contributed by atoms with E-state index in [0.717, 1.165) is 5.69 Å². The van der Waals surface area contributed by atoms with E-state index in [-0.39, 0.29) is 29.3 Å². The molecule has 1 saturated heterocycles. The minimum atomic E-state index is -3.06. The number of rotatable bonds is 5. The molecule has 0 radical (unpaired) electrons. The monoisotopic (exact) mass is 425 g/mol. The normalized spacial score (nSPS) is 18.0. The van der Waals surface area contributed by atoms with E-state index >= 15 is 0 Å². The predicted molar refractivity (Wildman–Crippen MR) is 113 cm³/mol. The second-order valence-electron chi connectivity index (χ2n) is 7.16. The minimum absolute atomic E-state index is 0.0284. The van der Waals surface area contributed by atoms with Crippen LogP contribution in [-0.4, -0.2) is 41.7 Å². The Balaban J connectivity index is 1.60. The highest BCUT2D eigenvalue weighted by Crippen LogP contribution is 2.25. The number of halogens is 1. The number of carbonyl (C=O) groups excluding carboxylic acids is 1. The molecule has 8 heteroatoms. The fourth-order valence-corrected chi connectivity index (χ4v) is 5.05. The number of hydrogen-bond donors (Lipinski definition) is 1. The van der Waals surface area contributed by atoms with Crippen molar-refractivity contribution >= 4 is 21.8 Å². The maximum atomic E-state index is 13.3. The van der Waals surface area contributed by atoms with Gasteiger partial charge in [0, 0.05) is 29.4 Å². The van der Waals surface area contributed by atoms with Gasteiger partial charge in [0.25, 0.3) is 0 Å². The van der Waals surface area contributed by atoms with Crippen LogP contribution in [0.5, 0.6) is 0 Å².